The van der Waals surface area contributed by atoms with Gasteiger partial charge in [0.15, 0.2) is 5.78 Å². The second-order valence-electron chi connectivity index (χ2n) is 4.07. The highest BCUT2D eigenvalue weighted by Gasteiger charge is 2.16. The van der Waals surface area contributed by atoms with Crippen LogP contribution >= 0.6 is 0 Å². The molecule has 0 radical (unpaired) electrons. The van der Waals surface area contributed by atoms with Crippen LogP contribution in [0.1, 0.15) is 42.6 Å². The molecule has 17 heavy (non-hydrogen) atoms. The first-order chi connectivity index (χ1) is 8.08. The lowest BCUT2D eigenvalue weighted by atomic mass is 9.96. The molecule has 3 heteroatoms. The smallest absolute Gasteiger partial charge is 0.170 e. The first-order valence-electron chi connectivity index (χ1n) is 5.64. The molecule has 0 N–H and O–H groups in total. The minimum Gasteiger partial charge on any atom is -0.299 e. The summed E-state index contributed by atoms with van der Waals surface area (Å²) in [6.45, 7) is 3.74. The Balaban J connectivity index is 2.77. The highest BCUT2D eigenvalue weighted by atomic mass is 16.1. The van der Waals surface area contributed by atoms with Crippen molar-refractivity contribution >= 4 is 11.6 Å². The molecule has 0 aliphatic rings. The van der Waals surface area contributed by atoms with Gasteiger partial charge in [-0.15, -0.1) is 0 Å². The summed E-state index contributed by atoms with van der Waals surface area (Å²) in [5, 5.41) is 8.72. The van der Waals surface area contributed by atoms with Crippen molar-refractivity contribution in [3.63, 3.8) is 0 Å². The SMILES string of the molecule is CCC(C)C(=O)CC(=O)c1cccc(C#N)c1. The zero-order chi connectivity index (χ0) is 12.8. The Hall–Kier alpha value is -1.95. The molecule has 0 bridgehead atoms. The van der Waals surface area contributed by atoms with Crippen molar-refractivity contribution in [3.8, 4) is 6.07 Å². The van der Waals surface area contributed by atoms with E-state index in [-0.39, 0.29) is 23.9 Å². The third-order valence-corrected chi connectivity index (χ3v) is 2.81. The van der Waals surface area contributed by atoms with Gasteiger partial charge in [-0.2, -0.15) is 5.26 Å². The number of nitriles is 1. The van der Waals surface area contributed by atoms with Gasteiger partial charge in [0, 0.05) is 11.5 Å². The summed E-state index contributed by atoms with van der Waals surface area (Å²) in [4.78, 5) is 23.4. The molecule has 1 aromatic carbocycles. The van der Waals surface area contributed by atoms with Crippen LogP contribution in [0, 0.1) is 17.2 Å². The molecule has 0 spiro atoms. The van der Waals surface area contributed by atoms with Gasteiger partial charge in [-0.25, -0.2) is 0 Å². The molecular formula is C14H15NO2. The maximum atomic E-state index is 11.8. The van der Waals surface area contributed by atoms with Crippen LogP contribution < -0.4 is 0 Å². The molecule has 1 rings (SSSR count). The molecule has 0 saturated heterocycles. The molecule has 88 valence electrons. The van der Waals surface area contributed by atoms with Crippen LogP contribution in [0.25, 0.3) is 0 Å². The summed E-state index contributed by atoms with van der Waals surface area (Å²) in [6.07, 6.45) is 0.661. The Morgan fingerprint density at radius 2 is 2.12 bits per heavy atom. The minimum atomic E-state index is -0.215. The largest absolute Gasteiger partial charge is 0.299 e. The average Bonchev–Trinajstić information content (AvgIpc) is 2.37. The van der Waals surface area contributed by atoms with Crippen LogP contribution in [-0.4, -0.2) is 11.6 Å². The van der Waals surface area contributed by atoms with E-state index in [9.17, 15) is 9.59 Å². The Kier molecular flexibility index (Phi) is 4.59. The predicted molar refractivity (Wildman–Crippen MR) is 64.6 cm³/mol. The Bertz CT molecular complexity index is 471. The molecule has 3 nitrogen and oxygen atoms in total. The number of nitrogens with zero attached hydrogens (tertiary/aromatic N) is 1. The lowest BCUT2D eigenvalue weighted by Crippen LogP contribution is -2.15. The van der Waals surface area contributed by atoms with Gasteiger partial charge < -0.3 is 0 Å². The zero-order valence-electron chi connectivity index (χ0n) is 10.1. The summed E-state index contributed by atoms with van der Waals surface area (Å²) >= 11 is 0. The van der Waals surface area contributed by atoms with E-state index in [1.165, 1.54) is 6.07 Å². The molecule has 1 atom stereocenters. The summed E-state index contributed by atoms with van der Waals surface area (Å²) < 4.78 is 0. The quantitative estimate of drug-likeness (QED) is 0.576. The molecule has 0 aliphatic heterocycles. The van der Waals surface area contributed by atoms with Crippen molar-refractivity contribution in [1.29, 1.82) is 5.26 Å². The number of hydrogen-bond donors (Lipinski definition) is 0. The van der Waals surface area contributed by atoms with Crippen molar-refractivity contribution in [1.82, 2.24) is 0 Å². The summed E-state index contributed by atoms with van der Waals surface area (Å²) in [7, 11) is 0. The molecule has 0 aliphatic carbocycles. The maximum absolute atomic E-state index is 11.8. The van der Waals surface area contributed by atoms with Gasteiger partial charge in [-0.05, 0) is 18.6 Å². The van der Waals surface area contributed by atoms with Gasteiger partial charge in [0.2, 0.25) is 0 Å². The Labute approximate surface area is 101 Å². The van der Waals surface area contributed by atoms with E-state index in [1.807, 2.05) is 19.9 Å². The van der Waals surface area contributed by atoms with Crippen molar-refractivity contribution in [2.24, 2.45) is 5.92 Å². The van der Waals surface area contributed by atoms with Gasteiger partial charge in [-0.1, -0.05) is 26.0 Å². The maximum Gasteiger partial charge on any atom is 0.170 e. The number of rotatable bonds is 5. The lowest BCUT2D eigenvalue weighted by Gasteiger charge is -2.06. The predicted octanol–water partition coefficient (Wildman–Crippen LogP) is 2.75. The van der Waals surface area contributed by atoms with Crippen molar-refractivity contribution in [2.45, 2.75) is 26.7 Å². The monoisotopic (exact) mass is 229 g/mol. The third-order valence-electron chi connectivity index (χ3n) is 2.81. The number of ketones is 2. The zero-order valence-corrected chi connectivity index (χ0v) is 10.1. The van der Waals surface area contributed by atoms with E-state index >= 15 is 0 Å². The number of hydrogen-bond acceptors (Lipinski definition) is 3. The normalized spacial score (nSPS) is 11.6. The van der Waals surface area contributed by atoms with Crippen LogP contribution in [0.2, 0.25) is 0 Å². The van der Waals surface area contributed by atoms with Crippen LogP contribution in [0.4, 0.5) is 0 Å². The fourth-order valence-electron chi connectivity index (χ4n) is 1.42. The second kappa shape index (κ2) is 5.95. The van der Waals surface area contributed by atoms with Crippen LogP contribution in [0.3, 0.4) is 0 Å². The van der Waals surface area contributed by atoms with Crippen molar-refractivity contribution in [2.75, 3.05) is 0 Å². The van der Waals surface area contributed by atoms with Crippen molar-refractivity contribution in [3.05, 3.63) is 35.4 Å². The number of carbonyl (C=O) groups is 2. The average molecular weight is 229 g/mol. The Morgan fingerprint density at radius 1 is 1.41 bits per heavy atom. The van der Waals surface area contributed by atoms with Gasteiger partial charge in [0.25, 0.3) is 0 Å². The topological polar surface area (TPSA) is 57.9 Å². The number of benzene rings is 1. The van der Waals surface area contributed by atoms with Crippen molar-refractivity contribution < 1.29 is 9.59 Å². The molecule has 0 saturated carbocycles. The van der Waals surface area contributed by atoms with Crippen LogP contribution in [0.15, 0.2) is 24.3 Å². The third kappa shape index (κ3) is 3.53. The molecule has 0 amide bonds. The minimum absolute atomic E-state index is 0.0418. The van der Waals surface area contributed by atoms with Gasteiger partial charge in [0.1, 0.15) is 5.78 Å². The van der Waals surface area contributed by atoms with Crippen LogP contribution in [0.5, 0.6) is 0 Å². The summed E-state index contributed by atoms with van der Waals surface area (Å²) in [5.41, 5.74) is 0.868. The van der Waals surface area contributed by atoms with E-state index in [0.29, 0.717) is 11.1 Å². The van der Waals surface area contributed by atoms with Gasteiger partial charge in [-0.3, -0.25) is 9.59 Å². The standard InChI is InChI=1S/C14H15NO2/c1-3-10(2)13(16)8-14(17)12-6-4-5-11(7-12)9-15/h4-7,10H,3,8H2,1-2H3. The fraction of sp³-hybridized carbons (Fsp3) is 0.357. The molecule has 1 unspecified atom stereocenters. The number of Topliss-reactive ketones (excluding diaryl/α,β-unsaturated/α-hetero) is 2. The molecule has 1 aromatic rings. The molecule has 0 heterocycles. The van der Waals surface area contributed by atoms with E-state index < -0.39 is 0 Å². The van der Waals surface area contributed by atoms with E-state index in [2.05, 4.69) is 0 Å². The van der Waals surface area contributed by atoms with Gasteiger partial charge >= 0.3 is 0 Å². The van der Waals surface area contributed by atoms with Gasteiger partial charge in [0.05, 0.1) is 18.1 Å². The highest BCUT2D eigenvalue weighted by molar-refractivity contribution is 6.08. The van der Waals surface area contributed by atoms with E-state index in [4.69, 9.17) is 5.26 Å². The molecular weight excluding hydrogens is 214 g/mol. The first kappa shape index (κ1) is 13.1. The molecule has 0 aromatic heterocycles. The van der Waals surface area contributed by atoms with Crippen LogP contribution in [-0.2, 0) is 4.79 Å². The lowest BCUT2D eigenvalue weighted by molar-refractivity contribution is -0.121. The first-order valence-corrected chi connectivity index (χ1v) is 5.64. The highest BCUT2D eigenvalue weighted by Crippen LogP contribution is 2.11. The number of carbonyl (C=O) groups excluding carboxylic acids is 2. The summed E-state index contributed by atoms with van der Waals surface area (Å²) in [6, 6.07) is 8.41. The fourth-order valence-corrected chi connectivity index (χ4v) is 1.42. The van der Waals surface area contributed by atoms with E-state index in [1.54, 1.807) is 18.2 Å². The molecule has 0 fully saturated rings. The Morgan fingerprint density at radius 3 is 2.71 bits per heavy atom. The summed E-state index contributed by atoms with van der Waals surface area (Å²) in [5.74, 6) is -0.342. The second-order valence-corrected chi connectivity index (χ2v) is 4.07. The van der Waals surface area contributed by atoms with E-state index in [0.717, 1.165) is 6.42 Å².